The van der Waals surface area contributed by atoms with Gasteiger partial charge in [-0.1, -0.05) is 0 Å². The number of amides is 2. The van der Waals surface area contributed by atoms with Gasteiger partial charge in [0.15, 0.2) is 17.8 Å². The van der Waals surface area contributed by atoms with Gasteiger partial charge >= 0.3 is 0 Å². The van der Waals surface area contributed by atoms with Gasteiger partial charge in [-0.25, -0.2) is 10.0 Å². The van der Waals surface area contributed by atoms with Crippen molar-refractivity contribution in [1.29, 1.82) is 0 Å². The smallest absolute Gasteiger partial charge is 0.235 e. The molecule has 2 aliphatic heterocycles. The highest BCUT2D eigenvalue weighted by Gasteiger charge is 2.32. The van der Waals surface area contributed by atoms with Gasteiger partial charge in [-0.2, -0.15) is 0 Å². The molecule has 0 saturated carbocycles. The van der Waals surface area contributed by atoms with E-state index in [1.807, 2.05) is 0 Å². The van der Waals surface area contributed by atoms with Crippen LogP contribution in [0.3, 0.4) is 0 Å². The van der Waals surface area contributed by atoms with Crippen molar-refractivity contribution >= 4 is 17.6 Å². The summed E-state index contributed by atoms with van der Waals surface area (Å²) in [7, 11) is 0. The van der Waals surface area contributed by atoms with Crippen molar-refractivity contribution in [2.45, 2.75) is 27.0 Å². The second-order valence-corrected chi connectivity index (χ2v) is 4.04. The van der Waals surface area contributed by atoms with E-state index in [9.17, 15) is 9.59 Å². The lowest BCUT2D eigenvalue weighted by Crippen LogP contribution is -2.56. The number of hydrogen-bond donors (Lipinski definition) is 2. The number of carbonyl (C=O) groups is 2. The number of hydrogen-bond acceptors (Lipinski definition) is 6. The van der Waals surface area contributed by atoms with Gasteiger partial charge in [-0.3, -0.25) is 25.4 Å². The standard InChI is InChI=1S/C10H15N5O3/c1-6(16)12-14-4-9-10(11-8(3)18-9)15(5-14)13-7(2)17/h4,8H,5H2,1-3H3,(H,12,16)(H,13,17). The van der Waals surface area contributed by atoms with Gasteiger partial charge in [0.25, 0.3) is 0 Å². The van der Waals surface area contributed by atoms with Crippen molar-refractivity contribution in [2.75, 3.05) is 6.67 Å². The minimum absolute atomic E-state index is 0.207. The third-order valence-electron chi connectivity index (χ3n) is 2.24. The van der Waals surface area contributed by atoms with Gasteiger partial charge in [0.1, 0.15) is 6.67 Å². The van der Waals surface area contributed by atoms with E-state index in [0.29, 0.717) is 11.6 Å². The third-order valence-corrected chi connectivity index (χ3v) is 2.24. The lowest BCUT2D eigenvalue weighted by atomic mass is 10.4. The molecule has 0 fully saturated rings. The van der Waals surface area contributed by atoms with Gasteiger partial charge in [-0.05, 0) is 6.92 Å². The summed E-state index contributed by atoms with van der Waals surface area (Å²) >= 11 is 0. The van der Waals surface area contributed by atoms with Crippen molar-refractivity contribution in [3.8, 4) is 0 Å². The molecule has 2 heterocycles. The third kappa shape index (κ3) is 2.53. The van der Waals surface area contributed by atoms with E-state index in [4.69, 9.17) is 4.74 Å². The zero-order valence-corrected chi connectivity index (χ0v) is 10.4. The molecule has 1 unspecified atom stereocenters. The summed E-state index contributed by atoms with van der Waals surface area (Å²) in [6, 6.07) is 0. The number of nitrogens with one attached hydrogen (secondary N) is 2. The number of fused-ring (bicyclic) bond motifs is 1. The van der Waals surface area contributed by atoms with E-state index in [0.717, 1.165) is 0 Å². The molecule has 0 aliphatic carbocycles. The molecule has 0 saturated heterocycles. The second-order valence-electron chi connectivity index (χ2n) is 4.04. The van der Waals surface area contributed by atoms with Crippen LogP contribution >= 0.6 is 0 Å². The molecule has 1 atom stereocenters. The fraction of sp³-hybridized carbons (Fsp3) is 0.500. The maximum absolute atomic E-state index is 11.1. The Morgan fingerprint density at radius 3 is 2.67 bits per heavy atom. The minimum Gasteiger partial charge on any atom is -0.463 e. The van der Waals surface area contributed by atoms with Gasteiger partial charge in [0, 0.05) is 13.8 Å². The number of rotatable bonds is 2. The Labute approximate surface area is 104 Å². The van der Waals surface area contributed by atoms with Crippen LogP contribution in [0.1, 0.15) is 20.8 Å². The first kappa shape index (κ1) is 12.2. The van der Waals surface area contributed by atoms with Crippen LogP contribution in [-0.2, 0) is 14.3 Å². The van der Waals surface area contributed by atoms with Crippen LogP contribution in [-0.4, -0.2) is 40.6 Å². The van der Waals surface area contributed by atoms with Crippen LogP contribution in [0.15, 0.2) is 17.0 Å². The van der Waals surface area contributed by atoms with E-state index in [2.05, 4.69) is 15.8 Å². The summed E-state index contributed by atoms with van der Waals surface area (Å²) in [6.45, 7) is 4.86. The van der Waals surface area contributed by atoms with E-state index in [1.165, 1.54) is 23.9 Å². The molecule has 18 heavy (non-hydrogen) atoms. The lowest BCUT2D eigenvalue weighted by molar-refractivity contribution is -0.124. The molecule has 2 amide bonds. The Kier molecular flexibility index (Phi) is 3.09. The quantitative estimate of drug-likeness (QED) is 0.678. The van der Waals surface area contributed by atoms with E-state index >= 15 is 0 Å². The Balaban J connectivity index is 2.20. The van der Waals surface area contributed by atoms with Gasteiger partial charge in [0.05, 0.1) is 6.20 Å². The molecule has 98 valence electrons. The fourth-order valence-corrected chi connectivity index (χ4v) is 1.74. The highest BCUT2D eigenvalue weighted by Crippen LogP contribution is 2.21. The summed E-state index contributed by atoms with van der Waals surface area (Å²) in [5, 5.41) is 3.04. The number of amidine groups is 1. The molecule has 0 aromatic heterocycles. The van der Waals surface area contributed by atoms with Crippen LogP contribution in [0.2, 0.25) is 0 Å². The van der Waals surface area contributed by atoms with Gasteiger partial charge in [0.2, 0.25) is 11.8 Å². The maximum Gasteiger partial charge on any atom is 0.235 e. The van der Waals surface area contributed by atoms with Crippen LogP contribution in [0.4, 0.5) is 0 Å². The average molecular weight is 253 g/mol. The van der Waals surface area contributed by atoms with Crippen molar-refractivity contribution in [3.05, 3.63) is 12.0 Å². The Morgan fingerprint density at radius 1 is 1.39 bits per heavy atom. The Hall–Kier alpha value is -2.25. The summed E-state index contributed by atoms with van der Waals surface area (Å²) < 4.78 is 5.46. The molecule has 2 aliphatic rings. The van der Waals surface area contributed by atoms with Crippen molar-refractivity contribution in [2.24, 2.45) is 4.99 Å². The molecular formula is C10H15N5O3. The molecule has 0 aromatic carbocycles. The lowest BCUT2D eigenvalue weighted by Gasteiger charge is -2.34. The molecule has 0 aromatic rings. The predicted octanol–water partition coefficient (Wildman–Crippen LogP) is -0.720. The molecule has 8 heteroatoms. The van der Waals surface area contributed by atoms with E-state index in [1.54, 1.807) is 13.1 Å². The number of carbonyl (C=O) groups excluding carboxylic acids is 2. The first-order valence-corrected chi connectivity index (χ1v) is 5.51. The van der Waals surface area contributed by atoms with Crippen LogP contribution in [0.5, 0.6) is 0 Å². The molecule has 8 nitrogen and oxygen atoms in total. The number of hydrazine groups is 2. The van der Waals surface area contributed by atoms with Crippen molar-refractivity contribution in [1.82, 2.24) is 20.9 Å². The molecule has 2 rings (SSSR count). The largest absolute Gasteiger partial charge is 0.463 e. The first-order valence-electron chi connectivity index (χ1n) is 5.51. The van der Waals surface area contributed by atoms with Gasteiger partial charge < -0.3 is 4.74 Å². The fourth-order valence-electron chi connectivity index (χ4n) is 1.74. The first-order chi connectivity index (χ1) is 8.45. The predicted molar refractivity (Wildman–Crippen MR) is 62.2 cm³/mol. The summed E-state index contributed by atoms with van der Waals surface area (Å²) in [5.41, 5.74) is 5.23. The molecule has 2 N–H and O–H groups in total. The number of nitrogens with zero attached hydrogens (tertiary/aromatic N) is 3. The van der Waals surface area contributed by atoms with Crippen LogP contribution in [0, 0.1) is 0 Å². The monoisotopic (exact) mass is 253 g/mol. The van der Waals surface area contributed by atoms with E-state index in [-0.39, 0.29) is 24.7 Å². The molecule has 0 bridgehead atoms. The number of ether oxygens (including phenoxy) is 1. The Bertz CT molecular complexity index is 445. The van der Waals surface area contributed by atoms with E-state index < -0.39 is 0 Å². The average Bonchev–Trinajstić information content (AvgIpc) is 2.56. The molecule has 0 radical (unpaired) electrons. The molecule has 0 spiro atoms. The van der Waals surface area contributed by atoms with Crippen molar-refractivity contribution in [3.63, 3.8) is 0 Å². The zero-order valence-electron chi connectivity index (χ0n) is 10.4. The molecular weight excluding hydrogens is 238 g/mol. The Morgan fingerprint density at radius 2 is 2.06 bits per heavy atom. The number of aliphatic imine (C=N–C) groups is 1. The summed E-state index contributed by atoms with van der Waals surface area (Å²) in [6.07, 6.45) is 1.34. The van der Waals surface area contributed by atoms with Gasteiger partial charge in [-0.15, -0.1) is 0 Å². The van der Waals surface area contributed by atoms with Crippen molar-refractivity contribution < 1.29 is 14.3 Å². The van der Waals surface area contributed by atoms with Crippen LogP contribution < -0.4 is 10.9 Å². The highest BCUT2D eigenvalue weighted by atomic mass is 16.5. The minimum atomic E-state index is -0.306. The topological polar surface area (TPSA) is 86.3 Å². The maximum atomic E-state index is 11.1. The summed E-state index contributed by atoms with van der Waals surface area (Å²) in [5.74, 6) is 0.637. The second kappa shape index (κ2) is 4.55. The van der Waals surface area contributed by atoms with Crippen LogP contribution in [0.25, 0.3) is 0 Å². The summed E-state index contributed by atoms with van der Waals surface area (Å²) in [4.78, 5) is 26.4. The highest BCUT2D eigenvalue weighted by molar-refractivity contribution is 5.99. The SMILES string of the molecule is CC(=O)NN1C=C2OC(C)N=C2N(NC(C)=O)C1. The normalized spacial score (nSPS) is 21.6. The zero-order chi connectivity index (χ0) is 13.3.